The van der Waals surface area contributed by atoms with Crippen molar-refractivity contribution in [3.63, 3.8) is 0 Å². The number of carbonyl (C=O) groups excluding carboxylic acids is 1. The molecule has 1 aromatic heterocycles. The van der Waals surface area contributed by atoms with Crippen molar-refractivity contribution in [1.29, 1.82) is 0 Å². The highest BCUT2D eigenvalue weighted by atomic mass is 35.5. The number of hydrogen-bond acceptors (Lipinski definition) is 4. The molecule has 7 heteroatoms. The molecule has 0 spiro atoms. The van der Waals surface area contributed by atoms with E-state index >= 15 is 0 Å². The van der Waals surface area contributed by atoms with Crippen molar-refractivity contribution in [1.82, 2.24) is 4.90 Å². The average molecular weight is 459 g/mol. The molecule has 2 fully saturated rings. The van der Waals surface area contributed by atoms with Crippen molar-refractivity contribution in [2.24, 2.45) is 11.7 Å². The summed E-state index contributed by atoms with van der Waals surface area (Å²) in [5.41, 5.74) is 9.41. The number of fused-ring (bicyclic) bond motifs is 4. The Balaban J connectivity index is 1.32. The summed E-state index contributed by atoms with van der Waals surface area (Å²) in [7, 11) is 0. The highest BCUT2D eigenvalue weighted by Gasteiger charge is 2.43. The van der Waals surface area contributed by atoms with Gasteiger partial charge in [-0.3, -0.25) is 10.2 Å². The van der Waals surface area contributed by atoms with E-state index in [0.717, 1.165) is 28.6 Å². The lowest BCUT2D eigenvalue weighted by Crippen LogP contribution is -2.40. The highest BCUT2D eigenvalue weighted by molar-refractivity contribution is 7.16. The molecule has 5 nitrogen and oxygen atoms in total. The Hall–Kier alpha value is -1.60. The van der Waals surface area contributed by atoms with Crippen molar-refractivity contribution in [3.8, 4) is 0 Å². The van der Waals surface area contributed by atoms with E-state index in [1.807, 2.05) is 0 Å². The van der Waals surface area contributed by atoms with E-state index in [0.29, 0.717) is 23.7 Å². The van der Waals surface area contributed by atoms with Crippen LogP contribution in [0, 0.1) is 5.92 Å². The van der Waals surface area contributed by atoms with Crippen LogP contribution in [0.5, 0.6) is 0 Å². The quantitative estimate of drug-likeness (QED) is 0.503. The zero-order valence-electron chi connectivity index (χ0n) is 17.8. The minimum Gasteiger partial charge on any atom is -0.326 e. The van der Waals surface area contributed by atoms with E-state index in [-0.39, 0.29) is 6.03 Å². The number of nitrogens with two attached hydrogens (primary N) is 1. The van der Waals surface area contributed by atoms with Gasteiger partial charge in [-0.15, -0.1) is 11.3 Å². The summed E-state index contributed by atoms with van der Waals surface area (Å²) in [4.78, 5) is 16.9. The van der Waals surface area contributed by atoms with Gasteiger partial charge in [0.2, 0.25) is 0 Å². The highest BCUT2D eigenvalue weighted by Crippen LogP contribution is 2.51. The minimum absolute atomic E-state index is 0.236. The zero-order valence-corrected chi connectivity index (χ0v) is 19.4. The van der Waals surface area contributed by atoms with Gasteiger partial charge in [0.25, 0.3) is 0 Å². The fourth-order valence-corrected chi connectivity index (χ4v) is 7.28. The van der Waals surface area contributed by atoms with Crippen LogP contribution < -0.4 is 16.4 Å². The normalized spacial score (nSPS) is 23.5. The van der Waals surface area contributed by atoms with Crippen molar-refractivity contribution in [2.75, 3.05) is 17.2 Å². The lowest BCUT2D eigenvalue weighted by molar-refractivity contribution is 0.135. The molecule has 3 aliphatic rings. The third-order valence-corrected chi connectivity index (χ3v) is 8.80. The molecule has 2 aromatic rings. The molecule has 2 aliphatic heterocycles. The number of carbonyl (C=O) groups is 1. The third-order valence-electron chi connectivity index (χ3n) is 7.26. The smallest absolute Gasteiger partial charge is 0.324 e. The minimum atomic E-state index is -0.236. The van der Waals surface area contributed by atoms with Crippen LogP contribution in [0.1, 0.15) is 67.0 Å². The first-order valence-corrected chi connectivity index (χ1v) is 12.8. The second kappa shape index (κ2) is 9.10. The predicted molar refractivity (Wildman–Crippen MR) is 129 cm³/mol. The van der Waals surface area contributed by atoms with Gasteiger partial charge in [0.15, 0.2) is 0 Å². The molecular formula is C24H31ClN4OS. The number of anilines is 2. The number of rotatable bonds is 5. The van der Waals surface area contributed by atoms with Crippen LogP contribution in [0.15, 0.2) is 24.3 Å². The van der Waals surface area contributed by atoms with Gasteiger partial charge in [0.1, 0.15) is 5.00 Å². The van der Waals surface area contributed by atoms with Crippen LogP contribution in [0.2, 0.25) is 5.02 Å². The number of halogens is 1. The topological polar surface area (TPSA) is 70.4 Å². The van der Waals surface area contributed by atoms with E-state index in [9.17, 15) is 4.79 Å². The van der Waals surface area contributed by atoms with Gasteiger partial charge in [-0.05, 0) is 67.9 Å². The summed E-state index contributed by atoms with van der Waals surface area (Å²) in [6.07, 6.45) is 10.6. The zero-order chi connectivity index (χ0) is 21.4. The molecule has 1 aliphatic carbocycles. The maximum Gasteiger partial charge on any atom is 0.324 e. The SMILES string of the molecule is NCc1c(NC(=O)Nc2ccc(Cl)cc2)sc2c1CC1CCC2N1CC1CCCCC1. The second-order valence-electron chi connectivity index (χ2n) is 9.19. The van der Waals surface area contributed by atoms with E-state index in [2.05, 4.69) is 15.5 Å². The van der Waals surface area contributed by atoms with Crippen molar-refractivity contribution in [2.45, 2.75) is 70.0 Å². The second-order valence-corrected chi connectivity index (χ2v) is 10.7. The number of benzene rings is 1. The predicted octanol–water partition coefficient (Wildman–Crippen LogP) is 6.15. The average Bonchev–Trinajstić information content (AvgIpc) is 3.26. The van der Waals surface area contributed by atoms with Crippen LogP contribution in [0.4, 0.5) is 15.5 Å². The molecular weight excluding hydrogens is 428 g/mol. The monoisotopic (exact) mass is 458 g/mol. The lowest BCUT2D eigenvalue weighted by atomic mass is 9.87. The van der Waals surface area contributed by atoms with E-state index in [4.69, 9.17) is 17.3 Å². The third kappa shape index (κ3) is 4.36. The molecule has 0 radical (unpaired) electrons. The number of amides is 2. The van der Waals surface area contributed by atoms with Crippen molar-refractivity contribution in [3.05, 3.63) is 45.3 Å². The molecule has 2 amide bonds. The molecule has 2 unspecified atom stereocenters. The van der Waals surface area contributed by atoms with Crippen LogP contribution >= 0.6 is 22.9 Å². The van der Waals surface area contributed by atoms with Crippen LogP contribution in [-0.2, 0) is 13.0 Å². The number of nitrogens with one attached hydrogen (secondary N) is 2. The number of hydrogen-bond donors (Lipinski definition) is 3. The summed E-state index contributed by atoms with van der Waals surface area (Å²) in [5, 5.41) is 7.52. The maximum absolute atomic E-state index is 12.6. The van der Waals surface area contributed by atoms with E-state index in [1.54, 1.807) is 35.6 Å². The molecule has 2 atom stereocenters. The summed E-state index contributed by atoms with van der Waals surface area (Å²) < 4.78 is 0. The fraction of sp³-hybridized carbons (Fsp3) is 0.542. The van der Waals surface area contributed by atoms with Gasteiger partial charge in [0.05, 0.1) is 0 Å². The largest absolute Gasteiger partial charge is 0.326 e. The Morgan fingerprint density at radius 1 is 1.10 bits per heavy atom. The van der Waals surface area contributed by atoms with Gasteiger partial charge in [-0.25, -0.2) is 4.79 Å². The number of urea groups is 1. The Kier molecular flexibility index (Phi) is 6.24. The molecule has 3 heterocycles. The first-order chi connectivity index (χ1) is 15.1. The van der Waals surface area contributed by atoms with Gasteiger partial charge < -0.3 is 11.1 Å². The number of thiophene rings is 1. The maximum atomic E-state index is 12.6. The Morgan fingerprint density at radius 2 is 1.87 bits per heavy atom. The molecule has 166 valence electrons. The Morgan fingerprint density at radius 3 is 2.61 bits per heavy atom. The first-order valence-electron chi connectivity index (χ1n) is 11.6. The van der Waals surface area contributed by atoms with Gasteiger partial charge >= 0.3 is 6.03 Å². The standard InChI is InChI=1S/C24H31ClN4OS/c25-16-6-8-17(9-7-16)27-24(30)28-23-20(13-26)19-12-18-10-11-21(22(19)31-23)29(18)14-15-4-2-1-3-5-15/h6-9,15,18,21H,1-5,10-14,26H2,(H2,27,28,30). The first kappa shape index (κ1) is 21.3. The summed E-state index contributed by atoms with van der Waals surface area (Å²) >= 11 is 7.67. The van der Waals surface area contributed by atoms with Gasteiger partial charge in [0, 0.05) is 46.3 Å². The lowest BCUT2D eigenvalue weighted by Gasteiger charge is -2.38. The Labute approximate surface area is 193 Å². The number of nitrogens with zero attached hydrogens (tertiary/aromatic N) is 1. The summed E-state index contributed by atoms with van der Waals surface area (Å²) in [6, 6.07) is 8.03. The van der Waals surface area contributed by atoms with Crippen molar-refractivity contribution >= 4 is 39.7 Å². The van der Waals surface area contributed by atoms with Crippen LogP contribution in [-0.4, -0.2) is 23.5 Å². The summed E-state index contributed by atoms with van der Waals surface area (Å²) in [5.74, 6) is 0.857. The van der Waals surface area contributed by atoms with Crippen molar-refractivity contribution < 1.29 is 4.79 Å². The van der Waals surface area contributed by atoms with Gasteiger partial charge in [-0.2, -0.15) is 0 Å². The summed E-state index contributed by atoms with van der Waals surface area (Å²) in [6.45, 7) is 1.70. The van der Waals surface area contributed by atoms with Gasteiger partial charge in [-0.1, -0.05) is 30.9 Å². The van der Waals surface area contributed by atoms with Crippen LogP contribution in [0.25, 0.3) is 0 Å². The molecule has 1 saturated carbocycles. The molecule has 2 bridgehead atoms. The molecule has 1 aromatic carbocycles. The van der Waals surface area contributed by atoms with E-state index in [1.165, 1.54) is 61.9 Å². The molecule has 31 heavy (non-hydrogen) atoms. The fourth-order valence-electron chi connectivity index (χ4n) is 5.74. The molecule has 1 saturated heterocycles. The van der Waals surface area contributed by atoms with Crippen LogP contribution in [0.3, 0.4) is 0 Å². The Bertz CT molecular complexity index is 938. The molecule has 4 N–H and O–H groups in total. The van der Waals surface area contributed by atoms with E-state index < -0.39 is 0 Å². The molecule has 5 rings (SSSR count).